The summed E-state index contributed by atoms with van der Waals surface area (Å²) in [6.45, 7) is 2.99. The van der Waals surface area contributed by atoms with Crippen LogP contribution in [0.5, 0.6) is 5.75 Å². The highest BCUT2D eigenvalue weighted by atomic mass is 35.5. The summed E-state index contributed by atoms with van der Waals surface area (Å²) in [5.74, 6) is 0.263. The molecule has 0 aliphatic rings. The Bertz CT molecular complexity index is 587. The highest BCUT2D eigenvalue weighted by Crippen LogP contribution is 2.26. The summed E-state index contributed by atoms with van der Waals surface area (Å²) < 4.78 is 0. The summed E-state index contributed by atoms with van der Waals surface area (Å²) in [4.78, 5) is 4.37. The van der Waals surface area contributed by atoms with Crippen molar-refractivity contribution in [1.29, 1.82) is 0 Å². The molecule has 21 heavy (non-hydrogen) atoms. The average Bonchev–Trinajstić information content (AvgIpc) is 2.46. The second kappa shape index (κ2) is 7.64. The van der Waals surface area contributed by atoms with E-state index in [1.165, 1.54) is 0 Å². The number of aromatic nitrogens is 1. The van der Waals surface area contributed by atoms with Crippen molar-refractivity contribution in [2.75, 3.05) is 6.54 Å². The van der Waals surface area contributed by atoms with Crippen molar-refractivity contribution in [1.82, 2.24) is 10.3 Å². The Hall–Kier alpha value is -1.29. The van der Waals surface area contributed by atoms with Gasteiger partial charge in [0.1, 0.15) is 5.75 Å². The Morgan fingerprint density at radius 3 is 2.57 bits per heavy atom. The molecule has 0 aliphatic heterocycles. The van der Waals surface area contributed by atoms with Crippen LogP contribution in [0.3, 0.4) is 0 Å². The molecule has 112 valence electrons. The van der Waals surface area contributed by atoms with Gasteiger partial charge in [0.2, 0.25) is 0 Å². The first-order valence-corrected chi connectivity index (χ1v) is 7.68. The minimum Gasteiger partial charge on any atom is -0.508 e. The van der Waals surface area contributed by atoms with E-state index in [-0.39, 0.29) is 11.8 Å². The lowest BCUT2D eigenvalue weighted by Gasteiger charge is -2.19. The molecule has 3 nitrogen and oxygen atoms in total. The number of rotatable bonds is 6. The predicted molar refractivity (Wildman–Crippen MR) is 87.1 cm³/mol. The van der Waals surface area contributed by atoms with Crippen LogP contribution in [0, 0.1) is 0 Å². The number of nitrogens with one attached hydrogen (secondary N) is 1. The molecule has 1 aromatic carbocycles. The van der Waals surface area contributed by atoms with Gasteiger partial charge in [-0.05, 0) is 43.1 Å². The fourth-order valence-electron chi connectivity index (χ4n) is 2.13. The summed E-state index contributed by atoms with van der Waals surface area (Å²) in [7, 11) is 0. The Morgan fingerprint density at radius 1 is 1.24 bits per heavy atom. The quantitative estimate of drug-likeness (QED) is 0.828. The van der Waals surface area contributed by atoms with Crippen molar-refractivity contribution in [2.45, 2.75) is 25.8 Å². The Kier molecular flexibility index (Phi) is 5.85. The molecule has 0 saturated carbocycles. The molecule has 2 rings (SSSR count). The first-order valence-electron chi connectivity index (χ1n) is 6.92. The summed E-state index contributed by atoms with van der Waals surface area (Å²) in [6.07, 6.45) is 3.38. The molecule has 2 aromatic rings. The van der Waals surface area contributed by atoms with Crippen LogP contribution in [-0.2, 0) is 6.42 Å². The monoisotopic (exact) mass is 324 g/mol. The fourth-order valence-corrected chi connectivity index (χ4v) is 2.65. The van der Waals surface area contributed by atoms with E-state index < -0.39 is 0 Å². The summed E-state index contributed by atoms with van der Waals surface area (Å²) >= 11 is 12.2. The van der Waals surface area contributed by atoms with E-state index in [9.17, 15) is 5.11 Å². The molecule has 0 fully saturated rings. The van der Waals surface area contributed by atoms with Gasteiger partial charge in [0, 0.05) is 6.20 Å². The molecule has 1 unspecified atom stereocenters. The van der Waals surface area contributed by atoms with Crippen molar-refractivity contribution in [3.63, 3.8) is 0 Å². The fraction of sp³-hybridized carbons (Fsp3) is 0.312. The van der Waals surface area contributed by atoms with E-state index in [2.05, 4.69) is 17.2 Å². The largest absolute Gasteiger partial charge is 0.508 e. The highest BCUT2D eigenvalue weighted by molar-refractivity contribution is 6.34. The molecular weight excluding hydrogens is 307 g/mol. The van der Waals surface area contributed by atoms with Gasteiger partial charge < -0.3 is 10.4 Å². The predicted octanol–water partition coefficient (Wildman–Crippen LogP) is 4.38. The van der Waals surface area contributed by atoms with E-state index in [0.29, 0.717) is 10.0 Å². The van der Waals surface area contributed by atoms with Crippen LogP contribution in [0.4, 0.5) is 0 Å². The van der Waals surface area contributed by atoms with E-state index in [4.69, 9.17) is 23.2 Å². The van der Waals surface area contributed by atoms with Crippen LogP contribution in [0.15, 0.2) is 36.5 Å². The number of pyridine rings is 1. The molecule has 0 saturated heterocycles. The number of hydrogen-bond donors (Lipinski definition) is 2. The van der Waals surface area contributed by atoms with Crippen LogP contribution < -0.4 is 5.32 Å². The summed E-state index contributed by atoms with van der Waals surface area (Å²) in [5.41, 5.74) is 1.90. The van der Waals surface area contributed by atoms with Gasteiger partial charge in [-0.3, -0.25) is 4.98 Å². The smallest absolute Gasteiger partial charge is 0.115 e. The zero-order valence-corrected chi connectivity index (χ0v) is 13.3. The van der Waals surface area contributed by atoms with Crippen molar-refractivity contribution in [3.8, 4) is 5.75 Å². The number of benzene rings is 1. The molecule has 0 aliphatic carbocycles. The topological polar surface area (TPSA) is 45.1 Å². The number of halogens is 2. The highest BCUT2D eigenvalue weighted by Gasteiger charge is 2.16. The lowest BCUT2D eigenvalue weighted by atomic mass is 10.0. The van der Waals surface area contributed by atoms with Gasteiger partial charge in [-0.2, -0.15) is 0 Å². The van der Waals surface area contributed by atoms with Crippen LogP contribution in [0.2, 0.25) is 10.0 Å². The van der Waals surface area contributed by atoms with Gasteiger partial charge in [-0.25, -0.2) is 0 Å². The average molecular weight is 325 g/mol. The van der Waals surface area contributed by atoms with Crippen LogP contribution >= 0.6 is 23.2 Å². The minimum atomic E-state index is 0.0132. The zero-order valence-electron chi connectivity index (χ0n) is 11.8. The maximum Gasteiger partial charge on any atom is 0.115 e. The van der Waals surface area contributed by atoms with Gasteiger partial charge in [0.25, 0.3) is 0 Å². The van der Waals surface area contributed by atoms with Crippen molar-refractivity contribution in [3.05, 3.63) is 57.8 Å². The third kappa shape index (κ3) is 4.60. The number of phenolic OH excluding ortho intramolecular Hbond substituents is 1. The van der Waals surface area contributed by atoms with Crippen molar-refractivity contribution in [2.24, 2.45) is 0 Å². The molecule has 0 amide bonds. The maximum atomic E-state index is 9.36. The van der Waals surface area contributed by atoms with Crippen molar-refractivity contribution >= 4 is 23.2 Å². The van der Waals surface area contributed by atoms with Crippen LogP contribution in [0.25, 0.3) is 0 Å². The number of hydrogen-bond acceptors (Lipinski definition) is 3. The third-order valence-electron chi connectivity index (χ3n) is 3.18. The third-order valence-corrected chi connectivity index (χ3v) is 3.69. The molecule has 2 N–H and O–H groups in total. The second-order valence-electron chi connectivity index (χ2n) is 4.90. The van der Waals surface area contributed by atoms with Gasteiger partial charge in [-0.1, -0.05) is 42.3 Å². The molecule has 0 spiro atoms. The Balaban J connectivity index is 2.22. The lowest BCUT2D eigenvalue weighted by Crippen LogP contribution is -2.25. The van der Waals surface area contributed by atoms with E-state index >= 15 is 0 Å². The number of nitrogens with zero attached hydrogens (tertiary/aromatic N) is 1. The lowest BCUT2D eigenvalue weighted by molar-refractivity contribution is 0.474. The normalized spacial score (nSPS) is 12.3. The van der Waals surface area contributed by atoms with Gasteiger partial charge in [0.05, 0.1) is 21.8 Å². The van der Waals surface area contributed by atoms with E-state index in [1.807, 2.05) is 12.1 Å². The summed E-state index contributed by atoms with van der Waals surface area (Å²) in [6, 6.07) is 8.90. The molecule has 1 aromatic heterocycles. The zero-order chi connectivity index (χ0) is 15.2. The van der Waals surface area contributed by atoms with E-state index in [1.54, 1.807) is 24.4 Å². The molecule has 5 heteroatoms. The molecule has 1 atom stereocenters. The first-order chi connectivity index (χ1) is 10.1. The molecular formula is C16H18Cl2N2O. The second-order valence-corrected chi connectivity index (χ2v) is 5.74. The van der Waals surface area contributed by atoms with Gasteiger partial charge in [-0.15, -0.1) is 0 Å². The SMILES string of the molecule is CCCNC(Cc1ccc(O)cc1)c1ncc(Cl)cc1Cl. The van der Waals surface area contributed by atoms with E-state index in [0.717, 1.165) is 30.6 Å². The molecule has 0 radical (unpaired) electrons. The minimum absolute atomic E-state index is 0.0132. The molecule has 0 bridgehead atoms. The number of aromatic hydroxyl groups is 1. The van der Waals surface area contributed by atoms with Gasteiger partial charge >= 0.3 is 0 Å². The Morgan fingerprint density at radius 2 is 1.95 bits per heavy atom. The van der Waals surface area contributed by atoms with Crippen LogP contribution in [-0.4, -0.2) is 16.6 Å². The standard InChI is InChI=1S/C16H18Cl2N2O/c1-2-7-19-15(8-11-3-5-13(21)6-4-11)16-14(18)9-12(17)10-20-16/h3-6,9-10,15,19,21H,2,7-8H2,1H3. The van der Waals surface area contributed by atoms with Crippen LogP contribution in [0.1, 0.15) is 30.6 Å². The summed E-state index contributed by atoms with van der Waals surface area (Å²) in [5, 5.41) is 13.9. The molecule has 1 heterocycles. The Labute approximate surface area is 134 Å². The first kappa shape index (κ1) is 16.1. The van der Waals surface area contributed by atoms with Gasteiger partial charge in [0.15, 0.2) is 0 Å². The van der Waals surface area contributed by atoms with Crippen molar-refractivity contribution < 1.29 is 5.11 Å². The maximum absolute atomic E-state index is 9.36. The number of phenols is 1.